The van der Waals surface area contributed by atoms with Crippen molar-refractivity contribution in [3.63, 3.8) is 0 Å². The van der Waals surface area contributed by atoms with Crippen LogP contribution in [0.3, 0.4) is 0 Å². The Morgan fingerprint density at radius 1 is 1.20 bits per heavy atom. The number of hydrogen-bond donors (Lipinski definition) is 0. The normalized spacial score (nSPS) is 10.3. The topological polar surface area (TPSA) is 39.2 Å². The summed E-state index contributed by atoms with van der Waals surface area (Å²) in [6.07, 6.45) is 3.89. The van der Waals surface area contributed by atoms with Crippen molar-refractivity contribution in [2.45, 2.75) is 20.3 Å². The minimum absolute atomic E-state index is 0.262. The van der Waals surface area contributed by atoms with Gasteiger partial charge in [-0.25, -0.2) is 4.39 Å². The Hall–Kier alpha value is -2.23. The molecule has 0 radical (unpaired) electrons. The lowest BCUT2D eigenvalue weighted by molar-refractivity contribution is 0.103. The van der Waals surface area contributed by atoms with Crippen molar-refractivity contribution in [3.8, 4) is 5.75 Å². The molecule has 0 atom stereocenters. The summed E-state index contributed by atoms with van der Waals surface area (Å²) in [5.41, 5.74) is 1.42. The molecule has 0 saturated carbocycles. The predicted molar refractivity (Wildman–Crippen MR) is 74.6 cm³/mol. The zero-order chi connectivity index (χ0) is 14.5. The fourth-order valence-corrected chi connectivity index (χ4v) is 1.88. The first-order valence-corrected chi connectivity index (χ1v) is 6.50. The molecule has 0 aliphatic carbocycles. The van der Waals surface area contributed by atoms with Crippen molar-refractivity contribution in [3.05, 3.63) is 59.2 Å². The molecule has 0 aliphatic rings. The number of hydrogen-bond acceptors (Lipinski definition) is 3. The van der Waals surface area contributed by atoms with Crippen molar-refractivity contribution < 1.29 is 13.9 Å². The Bertz CT molecular complexity index is 605. The summed E-state index contributed by atoms with van der Waals surface area (Å²) in [6, 6.07) is 5.90. The molecule has 0 bridgehead atoms. The lowest BCUT2D eigenvalue weighted by Gasteiger charge is -2.06. The summed E-state index contributed by atoms with van der Waals surface area (Å²) < 4.78 is 18.8. The average Bonchev–Trinajstić information content (AvgIpc) is 2.43. The zero-order valence-corrected chi connectivity index (χ0v) is 11.5. The average molecular weight is 273 g/mol. The number of pyridine rings is 1. The van der Waals surface area contributed by atoms with Crippen LogP contribution in [0.5, 0.6) is 5.75 Å². The molecule has 0 spiro atoms. The fourth-order valence-electron chi connectivity index (χ4n) is 1.88. The second kappa shape index (κ2) is 6.28. The zero-order valence-electron chi connectivity index (χ0n) is 11.5. The van der Waals surface area contributed by atoms with Crippen LogP contribution in [0.25, 0.3) is 0 Å². The quantitative estimate of drug-likeness (QED) is 0.782. The Labute approximate surface area is 117 Å². The number of benzene rings is 1. The Morgan fingerprint density at radius 2 is 2.00 bits per heavy atom. The Balaban J connectivity index is 2.28. The van der Waals surface area contributed by atoms with Crippen molar-refractivity contribution in [1.29, 1.82) is 0 Å². The van der Waals surface area contributed by atoms with Gasteiger partial charge in [0.25, 0.3) is 0 Å². The number of halogens is 1. The van der Waals surface area contributed by atoms with Gasteiger partial charge in [0.1, 0.15) is 11.6 Å². The number of carbonyl (C=O) groups is 1. The SMILES string of the molecule is CCCOc1cncc(C(=O)c2cc(C)cc(F)c2)c1. The van der Waals surface area contributed by atoms with Gasteiger partial charge in [-0.15, -0.1) is 0 Å². The van der Waals surface area contributed by atoms with E-state index in [0.29, 0.717) is 29.0 Å². The van der Waals surface area contributed by atoms with Crippen LogP contribution in [-0.2, 0) is 0 Å². The van der Waals surface area contributed by atoms with E-state index in [9.17, 15) is 9.18 Å². The highest BCUT2D eigenvalue weighted by Gasteiger charge is 2.12. The predicted octanol–water partition coefficient (Wildman–Crippen LogP) is 3.55. The van der Waals surface area contributed by atoms with Crippen LogP contribution in [0.2, 0.25) is 0 Å². The van der Waals surface area contributed by atoms with Gasteiger partial charge in [-0.2, -0.15) is 0 Å². The molecule has 1 heterocycles. The van der Waals surface area contributed by atoms with Crippen LogP contribution in [-0.4, -0.2) is 17.4 Å². The highest BCUT2D eigenvalue weighted by molar-refractivity contribution is 6.09. The molecule has 20 heavy (non-hydrogen) atoms. The summed E-state index contributed by atoms with van der Waals surface area (Å²) >= 11 is 0. The standard InChI is InChI=1S/C16H16FNO2/c1-3-4-20-15-8-13(9-18-10-15)16(19)12-5-11(2)6-14(17)7-12/h5-10H,3-4H2,1-2H3. The summed E-state index contributed by atoms with van der Waals surface area (Å²) in [4.78, 5) is 16.3. The second-order valence-electron chi connectivity index (χ2n) is 4.60. The largest absolute Gasteiger partial charge is 0.492 e. The molecule has 0 N–H and O–H groups in total. The fraction of sp³-hybridized carbons (Fsp3) is 0.250. The van der Waals surface area contributed by atoms with Gasteiger partial charge in [-0.1, -0.05) is 6.92 Å². The van der Waals surface area contributed by atoms with Gasteiger partial charge in [-0.3, -0.25) is 9.78 Å². The molecule has 4 heteroatoms. The molecular formula is C16H16FNO2. The van der Waals surface area contributed by atoms with E-state index in [0.717, 1.165) is 6.42 Å². The number of aromatic nitrogens is 1. The third kappa shape index (κ3) is 3.41. The van der Waals surface area contributed by atoms with E-state index in [1.54, 1.807) is 25.3 Å². The van der Waals surface area contributed by atoms with Gasteiger partial charge >= 0.3 is 0 Å². The molecule has 2 aromatic rings. The van der Waals surface area contributed by atoms with Gasteiger partial charge in [0.2, 0.25) is 0 Å². The first-order valence-electron chi connectivity index (χ1n) is 6.50. The first kappa shape index (κ1) is 14.2. The van der Waals surface area contributed by atoms with E-state index in [4.69, 9.17) is 4.74 Å². The molecule has 0 amide bonds. The molecule has 0 unspecified atom stereocenters. The molecule has 2 rings (SSSR count). The number of ketones is 1. The molecule has 1 aromatic carbocycles. The van der Waals surface area contributed by atoms with Crippen LogP contribution < -0.4 is 4.74 Å². The maximum atomic E-state index is 13.4. The molecule has 0 fully saturated rings. The molecule has 3 nitrogen and oxygen atoms in total. The Morgan fingerprint density at radius 3 is 2.70 bits per heavy atom. The van der Waals surface area contributed by atoms with Crippen molar-refractivity contribution in [2.24, 2.45) is 0 Å². The molecule has 0 aliphatic heterocycles. The van der Waals surface area contributed by atoms with E-state index in [1.807, 2.05) is 6.92 Å². The minimum Gasteiger partial charge on any atom is -0.492 e. The molecular weight excluding hydrogens is 257 g/mol. The maximum Gasteiger partial charge on any atom is 0.194 e. The van der Waals surface area contributed by atoms with Crippen LogP contribution >= 0.6 is 0 Å². The summed E-state index contributed by atoms with van der Waals surface area (Å²) in [5, 5.41) is 0. The minimum atomic E-state index is -0.417. The number of carbonyl (C=O) groups excluding carboxylic acids is 1. The number of aryl methyl sites for hydroxylation is 1. The van der Waals surface area contributed by atoms with Crippen molar-refractivity contribution in [2.75, 3.05) is 6.61 Å². The van der Waals surface area contributed by atoms with Gasteiger partial charge in [-0.05, 0) is 43.2 Å². The third-order valence-corrected chi connectivity index (χ3v) is 2.75. The van der Waals surface area contributed by atoms with Crippen LogP contribution in [0.1, 0.15) is 34.8 Å². The first-order chi connectivity index (χ1) is 9.60. The van der Waals surface area contributed by atoms with E-state index >= 15 is 0 Å². The maximum absolute atomic E-state index is 13.4. The lowest BCUT2D eigenvalue weighted by Crippen LogP contribution is -2.04. The highest BCUT2D eigenvalue weighted by Crippen LogP contribution is 2.17. The highest BCUT2D eigenvalue weighted by atomic mass is 19.1. The van der Waals surface area contributed by atoms with E-state index < -0.39 is 5.82 Å². The molecule has 0 saturated heterocycles. The van der Waals surface area contributed by atoms with Crippen LogP contribution in [0.15, 0.2) is 36.7 Å². The molecule has 104 valence electrons. The second-order valence-corrected chi connectivity index (χ2v) is 4.60. The number of rotatable bonds is 5. The lowest BCUT2D eigenvalue weighted by atomic mass is 10.0. The van der Waals surface area contributed by atoms with Gasteiger partial charge < -0.3 is 4.74 Å². The Kier molecular flexibility index (Phi) is 4.45. The van der Waals surface area contributed by atoms with E-state index in [-0.39, 0.29) is 5.78 Å². The smallest absolute Gasteiger partial charge is 0.194 e. The summed E-state index contributed by atoms with van der Waals surface area (Å²) in [7, 11) is 0. The third-order valence-electron chi connectivity index (χ3n) is 2.75. The van der Waals surface area contributed by atoms with E-state index in [2.05, 4.69) is 4.98 Å². The molecule has 1 aromatic heterocycles. The number of ether oxygens (including phenoxy) is 1. The number of nitrogens with zero attached hydrogens (tertiary/aromatic N) is 1. The summed E-state index contributed by atoms with van der Waals surface area (Å²) in [5.74, 6) is -0.132. The van der Waals surface area contributed by atoms with Crippen LogP contribution in [0.4, 0.5) is 4.39 Å². The van der Waals surface area contributed by atoms with Gasteiger partial charge in [0.15, 0.2) is 5.78 Å². The van der Waals surface area contributed by atoms with Crippen molar-refractivity contribution >= 4 is 5.78 Å². The summed E-state index contributed by atoms with van der Waals surface area (Å²) in [6.45, 7) is 4.31. The van der Waals surface area contributed by atoms with Gasteiger partial charge in [0.05, 0.1) is 12.8 Å². The van der Waals surface area contributed by atoms with Gasteiger partial charge in [0, 0.05) is 17.3 Å². The van der Waals surface area contributed by atoms with Crippen molar-refractivity contribution in [1.82, 2.24) is 4.98 Å². The monoisotopic (exact) mass is 273 g/mol. The van der Waals surface area contributed by atoms with E-state index in [1.165, 1.54) is 18.3 Å². The van der Waals surface area contributed by atoms with Crippen LogP contribution in [0, 0.1) is 12.7 Å².